The zero-order chi connectivity index (χ0) is 26.0. The molecule has 0 spiro atoms. The van der Waals surface area contributed by atoms with Crippen LogP contribution in [0.5, 0.6) is 11.5 Å². The molecule has 0 saturated heterocycles. The molecule has 0 aliphatic carbocycles. The normalized spacial score (nSPS) is 11.4. The van der Waals surface area contributed by atoms with Crippen molar-refractivity contribution in [3.8, 4) is 11.5 Å². The van der Waals surface area contributed by atoms with E-state index in [1.54, 1.807) is 24.5 Å². The smallest absolute Gasteiger partial charge is 0.302 e. The van der Waals surface area contributed by atoms with Gasteiger partial charge in [-0.25, -0.2) is 21.2 Å². The second kappa shape index (κ2) is 10.1. The summed E-state index contributed by atoms with van der Waals surface area (Å²) < 4.78 is 67.8. The lowest BCUT2D eigenvalue weighted by molar-refractivity contribution is -0.142. The highest BCUT2D eigenvalue weighted by atomic mass is 32.2. The van der Waals surface area contributed by atoms with Gasteiger partial charge in [-0.05, 0) is 42.7 Å². The van der Waals surface area contributed by atoms with Crippen LogP contribution in [-0.2, 0) is 26.2 Å². The molecule has 11 heteroatoms. The van der Waals surface area contributed by atoms with E-state index in [1.807, 2.05) is 0 Å². The first-order valence-electron chi connectivity index (χ1n) is 10.5. The number of carbonyl (C=O) groups is 1. The van der Waals surface area contributed by atoms with E-state index in [1.165, 1.54) is 43.5 Å². The Morgan fingerprint density at radius 2 is 1.78 bits per heavy atom. The van der Waals surface area contributed by atoms with E-state index in [9.17, 15) is 17.6 Å². The van der Waals surface area contributed by atoms with Gasteiger partial charge in [0.2, 0.25) is 0 Å². The zero-order valence-corrected chi connectivity index (χ0v) is 20.8. The second-order valence-electron chi connectivity index (χ2n) is 7.59. The molecule has 0 radical (unpaired) electrons. The highest BCUT2D eigenvalue weighted by Gasteiger charge is 2.24. The molecule has 0 atom stereocenters. The topological polar surface area (TPSA) is 98.5 Å². The highest BCUT2D eigenvalue weighted by molar-refractivity contribution is 8.13. The molecule has 0 bridgehead atoms. The van der Waals surface area contributed by atoms with Crippen LogP contribution in [0, 0.1) is 17.0 Å². The van der Waals surface area contributed by atoms with Gasteiger partial charge in [0.05, 0.1) is 15.5 Å². The van der Waals surface area contributed by atoms with E-state index < -0.39 is 34.2 Å². The van der Waals surface area contributed by atoms with Gasteiger partial charge in [0, 0.05) is 35.7 Å². The molecule has 1 aromatic heterocycles. The molecule has 4 aromatic rings. The van der Waals surface area contributed by atoms with E-state index in [0.29, 0.717) is 0 Å². The first-order valence-corrected chi connectivity index (χ1v) is 13.2. The summed E-state index contributed by atoms with van der Waals surface area (Å²) in [4.78, 5) is 11.5. The highest BCUT2D eigenvalue weighted by Crippen LogP contribution is 2.37. The molecule has 1 N–H and O–H groups in total. The Morgan fingerprint density at radius 1 is 1.06 bits per heavy atom. The van der Waals surface area contributed by atoms with Crippen molar-refractivity contribution in [2.45, 2.75) is 18.4 Å². The van der Waals surface area contributed by atoms with E-state index in [-0.39, 0.29) is 43.5 Å². The number of nitrogens with one attached hydrogen (secondary N) is 1. The van der Waals surface area contributed by atoms with Crippen molar-refractivity contribution in [3.05, 3.63) is 89.6 Å². The van der Waals surface area contributed by atoms with E-state index in [4.69, 9.17) is 14.9 Å². The maximum atomic E-state index is 15.4. The van der Waals surface area contributed by atoms with Gasteiger partial charge in [-0.1, -0.05) is 18.2 Å². The van der Waals surface area contributed by atoms with Crippen molar-refractivity contribution in [1.29, 1.82) is 5.41 Å². The van der Waals surface area contributed by atoms with Crippen molar-refractivity contribution in [1.82, 2.24) is 3.97 Å². The molecule has 0 unspecified atom stereocenters. The summed E-state index contributed by atoms with van der Waals surface area (Å²) >= 11 is 1.03. The van der Waals surface area contributed by atoms with Crippen LogP contribution in [0.25, 0.3) is 10.9 Å². The van der Waals surface area contributed by atoms with E-state index in [0.717, 1.165) is 27.9 Å². The number of fused-ring (bicyclic) bond motifs is 1. The third-order valence-electron chi connectivity index (χ3n) is 5.30. The first-order chi connectivity index (χ1) is 17.1. The quantitative estimate of drug-likeness (QED) is 0.187. The minimum absolute atomic E-state index is 0.0138. The molecular formula is C25H20F2N2O5S2. The van der Waals surface area contributed by atoms with Crippen LogP contribution in [0.1, 0.15) is 18.1 Å². The number of ether oxygens (including phenoxy) is 2. The molecule has 3 aromatic carbocycles. The van der Waals surface area contributed by atoms with Crippen LogP contribution in [0.3, 0.4) is 0 Å². The van der Waals surface area contributed by atoms with Crippen LogP contribution in [0.15, 0.2) is 71.8 Å². The van der Waals surface area contributed by atoms with Gasteiger partial charge in [-0.15, -0.1) is 11.8 Å². The maximum absolute atomic E-state index is 15.4. The third kappa shape index (κ3) is 4.84. The van der Waals surface area contributed by atoms with Crippen molar-refractivity contribution in [2.24, 2.45) is 0 Å². The summed E-state index contributed by atoms with van der Waals surface area (Å²) in [5.41, 5.74) is 0.0889. The number of halogens is 2. The Balaban J connectivity index is 1.87. The van der Waals surface area contributed by atoms with Crippen LogP contribution < -0.4 is 4.74 Å². The fourth-order valence-electron chi connectivity index (χ4n) is 3.59. The van der Waals surface area contributed by atoms with Crippen LogP contribution in [-0.4, -0.2) is 29.7 Å². The molecule has 4 rings (SSSR count). The number of esters is 1. The molecule has 0 amide bonds. The SMILES string of the molecule is CSC(=N)c1cc(Oc2c(F)cc3c(ccn3S(=O)(=O)c3ccccc3)c2COC(C)=O)ccc1F. The number of benzene rings is 3. The maximum Gasteiger partial charge on any atom is 0.302 e. The van der Waals surface area contributed by atoms with E-state index >= 15 is 4.39 Å². The average Bonchev–Trinajstić information content (AvgIpc) is 3.29. The molecule has 186 valence electrons. The van der Waals surface area contributed by atoms with Gasteiger partial charge in [-0.2, -0.15) is 0 Å². The van der Waals surface area contributed by atoms with Crippen LogP contribution in [0.2, 0.25) is 0 Å². The van der Waals surface area contributed by atoms with Crippen LogP contribution >= 0.6 is 11.8 Å². The minimum Gasteiger partial charge on any atom is -0.461 e. The first kappa shape index (κ1) is 25.4. The summed E-state index contributed by atoms with van der Waals surface area (Å²) in [5.74, 6) is -2.46. The standard InChI is InChI=1S/C25H20F2N2O5S2/c1-15(30)33-14-20-18-10-11-29(36(31,32)17-6-4-3-5-7-17)23(18)13-22(27)24(20)34-16-8-9-21(26)19(12-16)25(28)35-2/h3-13,28H,14H2,1-2H3. The van der Waals surface area contributed by atoms with Gasteiger partial charge in [0.15, 0.2) is 11.6 Å². The Labute approximate surface area is 210 Å². The predicted octanol–water partition coefficient (Wildman–Crippen LogP) is 5.70. The van der Waals surface area contributed by atoms with Gasteiger partial charge in [0.1, 0.15) is 18.2 Å². The number of rotatable bonds is 7. The molecule has 36 heavy (non-hydrogen) atoms. The Bertz CT molecular complexity index is 1590. The van der Waals surface area contributed by atoms with Crippen molar-refractivity contribution >= 4 is 43.7 Å². The Morgan fingerprint density at radius 3 is 2.44 bits per heavy atom. The summed E-state index contributed by atoms with van der Waals surface area (Å²) in [6.07, 6.45) is 2.90. The largest absolute Gasteiger partial charge is 0.461 e. The lowest BCUT2D eigenvalue weighted by atomic mass is 10.1. The molecule has 7 nitrogen and oxygen atoms in total. The van der Waals surface area contributed by atoms with Gasteiger partial charge in [-0.3, -0.25) is 10.2 Å². The van der Waals surface area contributed by atoms with Crippen LogP contribution in [0.4, 0.5) is 8.78 Å². The lowest BCUT2D eigenvalue weighted by Gasteiger charge is -2.16. The van der Waals surface area contributed by atoms with Crippen molar-refractivity contribution in [2.75, 3.05) is 6.26 Å². The van der Waals surface area contributed by atoms with Gasteiger partial charge < -0.3 is 9.47 Å². The molecule has 1 heterocycles. The fraction of sp³-hybridized carbons (Fsp3) is 0.120. The third-order valence-corrected chi connectivity index (χ3v) is 7.63. The summed E-state index contributed by atoms with van der Waals surface area (Å²) in [7, 11) is -4.05. The number of aromatic nitrogens is 1. The van der Waals surface area contributed by atoms with Crippen molar-refractivity contribution in [3.63, 3.8) is 0 Å². The predicted molar refractivity (Wildman–Crippen MR) is 133 cm³/mol. The van der Waals surface area contributed by atoms with Gasteiger partial charge in [0.25, 0.3) is 10.0 Å². The average molecular weight is 531 g/mol. The number of nitrogens with zero attached hydrogens (tertiary/aromatic N) is 1. The van der Waals surface area contributed by atoms with Crippen molar-refractivity contribution < 1.29 is 31.5 Å². The molecular weight excluding hydrogens is 510 g/mol. The monoisotopic (exact) mass is 530 g/mol. The van der Waals surface area contributed by atoms with Gasteiger partial charge >= 0.3 is 5.97 Å². The summed E-state index contributed by atoms with van der Waals surface area (Å²) in [6, 6.07) is 13.8. The molecule has 0 fully saturated rings. The second-order valence-corrected chi connectivity index (χ2v) is 10.2. The van der Waals surface area contributed by atoms with E-state index in [2.05, 4.69) is 0 Å². The fourth-order valence-corrected chi connectivity index (χ4v) is 5.32. The number of thioether (sulfide) groups is 1. The summed E-state index contributed by atoms with van der Waals surface area (Å²) in [5, 5.41) is 8.15. The number of hydrogen-bond donors (Lipinski definition) is 1. The molecule has 0 saturated carbocycles. The molecule has 0 aliphatic rings. The molecule has 0 aliphatic heterocycles. The summed E-state index contributed by atoms with van der Waals surface area (Å²) in [6.45, 7) is 0.783. The Kier molecular flexibility index (Phi) is 7.14. The number of hydrogen-bond acceptors (Lipinski definition) is 7. The lowest BCUT2D eigenvalue weighted by Crippen LogP contribution is -2.12. The minimum atomic E-state index is -4.05. The Hall–Kier alpha value is -3.70. The zero-order valence-electron chi connectivity index (χ0n) is 19.1. The number of carbonyl (C=O) groups excluding carboxylic acids is 1.